The molecule has 0 spiro atoms. The van der Waals surface area contributed by atoms with E-state index in [1.54, 1.807) is 0 Å². The molecular formula is C22H34O. The van der Waals surface area contributed by atoms with E-state index >= 15 is 0 Å². The van der Waals surface area contributed by atoms with Crippen LogP contribution in [0, 0.1) is 11.8 Å². The maximum atomic E-state index is 5.73. The molecule has 1 aromatic rings. The van der Waals surface area contributed by atoms with Gasteiger partial charge in [-0.15, -0.1) is 6.58 Å². The van der Waals surface area contributed by atoms with E-state index in [1.807, 2.05) is 0 Å². The third kappa shape index (κ3) is 6.91. The average molecular weight is 315 g/mol. The van der Waals surface area contributed by atoms with E-state index < -0.39 is 0 Å². The van der Waals surface area contributed by atoms with Gasteiger partial charge in [-0.05, 0) is 67.9 Å². The Balaban J connectivity index is 1.64. The largest absolute Gasteiger partial charge is 0.377 e. The van der Waals surface area contributed by atoms with Crippen LogP contribution >= 0.6 is 0 Å². The lowest BCUT2D eigenvalue weighted by molar-refractivity contribution is 0.117. The molecule has 1 aliphatic rings. The van der Waals surface area contributed by atoms with Gasteiger partial charge < -0.3 is 4.74 Å². The standard InChI is InChI=1S/C22H34O/c1-3-5-6-17-23-18-22-15-13-21(14-16-22)12-11-20-9-7-19(4-2)8-10-20/h4,13-16,19-20H,2-3,5-12,17-18H2,1H3. The van der Waals surface area contributed by atoms with Crippen molar-refractivity contribution in [1.29, 1.82) is 0 Å². The zero-order chi connectivity index (χ0) is 16.3. The summed E-state index contributed by atoms with van der Waals surface area (Å²) >= 11 is 0. The first-order valence-electron chi connectivity index (χ1n) is 9.60. The fraction of sp³-hybridized carbons (Fsp3) is 0.636. The summed E-state index contributed by atoms with van der Waals surface area (Å²) < 4.78 is 5.73. The van der Waals surface area contributed by atoms with Crippen LogP contribution in [0.3, 0.4) is 0 Å². The van der Waals surface area contributed by atoms with Gasteiger partial charge >= 0.3 is 0 Å². The van der Waals surface area contributed by atoms with E-state index in [0.717, 1.165) is 25.0 Å². The lowest BCUT2D eigenvalue weighted by atomic mass is 9.79. The SMILES string of the molecule is C=CC1CCC(CCc2ccc(COCCCCC)cc2)CC1. The van der Waals surface area contributed by atoms with Crippen molar-refractivity contribution < 1.29 is 4.74 Å². The van der Waals surface area contributed by atoms with Crippen LogP contribution in [-0.4, -0.2) is 6.61 Å². The smallest absolute Gasteiger partial charge is 0.0716 e. The monoisotopic (exact) mass is 314 g/mol. The quantitative estimate of drug-likeness (QED) is 0.363. The molecule has 1 fully saturated rings. The predicted molar refractivity (Wildman–Crippen MR) is 99.6 cm³/mol. The minimum absolute atomic E-state index is 0.759. The number of benzene rings is 1. The first-order chi connectivity index (χ1) is 11.3. The minimum atomic E-state index is 0.759. The Kier molecular flexibility index (Phi) is 8.46. The molecule has 1 heteroatoms. The molecule has 0 N–H and O–H groups in total. The Morgan fingerprint density at radius 2 is 1.74 bits per heavy atom. The molecule has 0 amide bonds. The lowest BCUT2D eigenvalue weighted by Crippen LogP contribution is -2.13. The third-order valence-corrected chi connectivity index (χ3v) is 5.25. The van der Waals surface area contributed by atoms with Crippen molar-refractivity contribution in [2.24, 2.45) is 11.8 Å². The van der Waals surface area contributed by atoms with Gasteiger partial charge in [-0.1, -0.05) is 50.1 Å². The number of hydrogen-bond acceptors (Lipinski definition) is 1. The second-order valence-corrected chi connectivity index (χ2v) is 7.13. The molecule has 1 aromatic carbocycles. The second-order valence-electron chi connectivity index (χ2n) is 7.13. The van der Waals surface area contributed by atoms with Gasteiger partial charge in [0.05, 0.1) is 6.61 Å². The van der Waals surface area contributed by atoms with Crippen LogP contribution in [0.4, 0.5) is 0 Å². The van der Waals surface area contributed by atoms with Crippen LogP contribution in [0.25, 0.3) is 0 Å². The summed E-state index contributed by atoms with van der Waals surface area (Å²) in [5.41, 5.74) is 2.78. The Labute approximate surface area is 143 Å². The lowest BCUT2D eigenvalue weighted by Gasteiger charge is -2.26. The summed E-state index contributed by atoms with van der Waals surface area (Å²) in [5, 5.41) is 0. The summed E-state index contributed by atoms with van der Waals surface area (Å²) in [6.45, 7) is 7.81. The summed E-state index contributed by atoms with van der Waals surface area (Å²) in [5.74, 6) is 1.70. The van der Waals surface area contributed by atoms with E-state index in [0.29, 0.717) is 0 Å². The highest BCUT2D eigenvalue weighted by molar-refractivity contribution is 5.22. The first-order valence-corrected chi connectivity index (χ1v) is 9.60. The van der Waals surface area contributed by atoms with Crippen molar-refractivity contribution in [1.82, 2.24) is 0 Å². The molecular weight excluding hydrogens is 280 g/mol. The fourth-order valence-corrected chi connectivity index (χ4v) is 3.53. The molecule has 0 aliphatic heterocycles. The molecule has 0 unspecified atom stereocenters. The van der Waals surface area contributed by atoms with Gasteiger partial charge in [0.2, 0.25) is 0 Å². The number of aryl methyl sites for hydroxylation is 1. The highest BCUT2D eigenvalue weighted by Gasteiger charge is 2.18. The summed E-state index contributed by atoms with van der Waals surface area (Å²) in [7, 11) is 0. The van der Waals surface area contributed by atoms with E-state index in [-0.39, 0.29) is 0 Å². The highest BCUT2D eigenvalue weighted by atomic mass is 16.5. The average Bonchev–Trinajstić information content (AvgIpc) is 2.61. The number of hydrogen-bond donors (Lipinski definition) is 0. The van der Waals surface area contributed by atoms with Crippen molar-refractivity contribution >= 4 is 0 Å². The summed E-state index contributed by atoms with van der Waals surface area (Å²) in [6.07, 6.45) is 13.9. The van der Waals surface area contributed by atoms with Gasteiger partial charge in [-0.25, -0.2) is 0 Å². The van der Waals surface area contributed by atoms with Crippen molar-refractivity contribution in [2.45, 2.75) is 71.3 Å². The molecule has 0 heterocycles. The van der Waals surface area contributed by atoms with Gasteiger partial charge in [0.25, 0.3) is 0 Å². The second kappa shape index (κ2) is 10.6. The summed E-state index contributed by atoms with van der Waals surface area (Å²) in [6, 6.07) is 9.06. The topological polar surface area (TPSA) is 9.23 Å². The van der Waals surface area contributed by atoms with Crippen LogP contribution in [-0.2, 0) is 17.8 Å². The van der Waals surface area contributed by atoms with Gasteiger partial charge in [-0.3, -0.25) is 0 Å². The van der Waals surface area contributed by atoms with Crippen molar-refractivity contribution in [3.8, 4) is 0 Å². The van der Waals surface area contributed by atoms with Gasteiger partial charge in [0.15, 0.2) is 0 Å². The molecule has 128 valence electrons. The van der Waals surface area contributed by atoms with Gasteiger partial charge in [0, 0.05) is 6.61 Å². The molecule has 0 atom stereocenters. The summed E-state index contributed by atoms with van der Waals surface area (Å²) in [4.78, 5) is 0. The molecule has 1 saturated carbocycles. The maximum absolute atomic E-state index is 5.73. The number of allylic oxidation sites excluding steroid dienone is 1. The number of unbranched alkanes of at least 4 members (excludes halogenated alkanes) is 2. The molecule has 1 nitrogen and oxygen atoms in total. The fourth-order valence-electron chi connectivity index (χ4n) is 3.53. The van der Waals surface area contributed by atoms with Crippen LogP contribution in [0.2, 0.25) is 0 Å². The Morgan fingerprint density at radius 3 is 2.39 bits per heavy atom. The Bertz CT molecular complexity index is 426. The van der Waals surface area contributed by atoms with Crippen molar-refractivity contribution in [3.05, 3.63) is 48.0 Å². The predicted octanol–water partition coefficient (Wildman–Crippen LogP) is 6.32. The van der Waals surface area contributed by atoms with E-state index in [2.05, 4.69) is 43.8 Å². The molecule has 0 saturated heterocycles. The third-order valence-electron chi connectivity index (χ3n) is 5.25. The van der Waals surface area contributed by atoms with Crippen molar-refractivity contribution in [3.63, 3.8) is 0 Å². The van der Waals surface area contributed by atoms with Crippen molar-refractivity contribution in [2.75, 3.05) is 6.61 Å². The normalized spacial score (nSPS) is 21.3. The molecule has 23 heavy (non-hydrogen) atoms. The zero-order valence-electron chi connectivity index (χ0n) is 14.9. The van der Waals surface area contributed by atoms with Gasteiger partial charge in [-0.2, -0.15) is 0 Å². The first kappa shape index (κ1) is 18.3. The molecule has 0 radical (unpaired) electrons. The highest BCUT2D eigenvalue weighted by Crippen LogP contribution is 2.32. The minimum Gasteiger partial charge on any atom is -0.377 e. The molecule has 0 aromatic heterocycles. The van der Waals surface area contributed by atoms with Crippen LogP contribution in [0.5, 0.6) is 0 Å². The van der Waals surface area contributed by atoms with Gasteiger partial charge in [0.1, 0.15) is 0 Å². The van der Waals surface area contributed by atoms with E-state index in [9.17, 15) is 0 Å². The molecule has 1 aliphatic carbocycles. The Morgan fingerprint density at radius 1 is 1.04 bits per heavy atom. The van der Waals surface area contributed by atoms with E-state index in [4.69, 9.17) is 4.74 Å². The number of ether oxygens (including phenoxy) is 1. The van der Waals surface area contributed by atoms with Crippen LogP contribution < -0.4 is 0 Å². The van der Waals surface area contributed by atoms with Crippen LogP contribution in [0.15, 0.2) is 36.9 Å². The maximum Gasteiger partial charge on any atom is 0.0716 e. The molecule has 2 rings (SSSR count). The number of rotatable bonds is 10. The molecule has 0 bridgehead atoms. The zero-order valence-corrected chi connectivity index (χ0v) is 14.9. The van der Waals surface area contributed by atoms with Crippen LogP contribution in [0.1, 0.15) is 69.4 Å². The van der Waals surface area contributed by atoms with E-state index in [1.165, 1.54) is 68.9 Å². The Hall–Kier alpha value is -1.08.